The lowest BCUT2D eigenvalue weighted by atomic mass is 10.1. The molecule has 0 unspecified atom stereocenters. The van der Waals surface area contributed by atoms with Crippen LogP contribution in [0.25, 0.3) is 0 Å². The molecular formula is C16H17N3O5S. The van der Waals surface area contributed by atoms with E-state index in [2.05, 4.69) is 4.98 Å². The highest BCUT2D eigenvalue weighted by Gasteiger charge is 2.37. The minimum atomic E-state index is -3.86. The second-order valence-corrected chi connectivity index (χ2v) is 7.54. The molecule has 0 N–H and O–H groups in total. The Morgan fingerprint density at radius 3 is 2.64 bits per heavy atom. The van der Waals surface area contributed by atoms with E-state index in [1.165, 1.54) is 23.5 Å². The highest BCUT2D eigenvalue weighted by molar-refractivity contribution is 7.89. The second-order valence-electron chi connectivity index (χ2n) is 5.65. The molecule has 1 atom stereocenters. The topological polar surface area (TPSA) is 103 Å². The largest absolute Gasteiger partial charge is 0.490 e. The van der Waals surface area contributed by atoms with Gasteiger partial charge < -0.3 is 4.74 Å². The number of hydrogen-bond acceptors (Lipinski definition) is 6. The number of nitro benzene ring substituents is 1. The van der Waals surface area contributed by atoms with Gasteiger partial charge >= 0.3 is 5.69 Å². The van der Waals surface area contributed by atoms with Gasteiger partial charge in [-0.1, -0.05) is 0 Å². The maximum atomic E-state index is 13.0. The lowest BCUT2D eigenvalue weighted by molar-refractivity contribution is -0.386. The summed E-state index contributed by atoms with van der Waals surface area (Å²) in [6, 6.07) is 6.97. The lowest BCUT2D eigenvalue weighted by Gasteiger charge is -2.24. The minimum absolute atomic E-state index is 0.0241. The standard InChI is InChI=1S/C16H17N3O5S/c1-24-16-5-4-13(11-15(16)19(20)21)25(22,23)18-10-2-3-14(18)12-6-8-17-9-7-12/h4-9,11,14H,2-3,10H2,1H3/t14-/m1/s1. The molecular weight excluding hydrogens is 346 g/mol. The fraction of sp³-hybridized carbons (Fsp3) is 0.312. The molecule has 1 aliphatic heterocycles. The number of methoxy groups -OCH3 is 1. The molecule has 25 heavy (non-hydrogen) atoms. The molecule has 0 spiro atoms. The maximum absolute atomic E-state index is 13.0. The Hall–Kier alpha value is -2.52. The van der Waals surface area contributed by atoms with E-state index in [9.17, 15) is 18.5 Å². The van der Waals surface area contributed by atoms with Crippen LogP contribution in [-0.4, -0.2) is 36.3 Å². The Morgan fingerprint density at radius 2 is 2.00 bits per heavy atom. The first kappa shape index (κ1) is 17.3. The van der Waals surface area contributed by atoms with Crippen molar-refractivity contribution >= 4 is 15.7 Å². The van der Waals surface area contributed by atoms with Crippen LogP contribution >= 0.6 is 0 Å². The summed E-state index contributed by atoms with van der Waals surface area (Å²) in [5, 5.41) is 11.2. The van der Waals surface area contributed by atoms with Crippen molar-refractivity contribution in [2.45, 2.75) is 23.8 Å². The molecule has 9 heteroatoms. The van der Waals surface area contributed by atoms with Crippen molar-refractivity contribution in [2.24, 2.45) is 0 Å². The molecule has 0 saturated carbocycles. The molecule has 2 aromatic rings. The Bertz CT molecular complexity index is 886. The molecule has 1 aromatic heterocycles. The number of nitrogens with zero attached hydrogens (tertiary/aromatic N) is 3. The number of aromatic nitrogens is 1. The van der Waals surface area contributed by atoms with Crippen LogP contribution in [0.1, 0.15) is 24.4 Å². The van der Waals surface area contributed by atoms with E-state index in [0.717, 1.165) is 18.1 Å². The summed E-state index contributed by atoms with van der Waals surface area (Å²) >= 11 is 0. The number of rotatable bonds is 5. The summed E-state index contributed by atoms with van der Waals surface area (Å²) in [5.41, 5.74) is 0.488. The molecule has 0 radical (unpaired) electrons. The van der Waals surface area contributed by atoms with E-state index in [0.29, 0.717) is 13.0 Å². The molecule has 1 aromatic carbocycles. The fourth-order valence-electron chi connectivity index (χ4n) is 3.05. The summed E-state index contributed by atoms with van der Waals surface area (Å²) in [7, 11) is -2.56. The van der Waals surface area contributed by atoms with E-state index >= 15 is 0 Å². The minimum Gasteiger partial charge on any atom is -0.490 e. The molecule has 132 valence electrons. The highest BCUT2D eigenvalue weighted by Crippen LogP contribution is 2.38. The van der Waals surface area contributed by atoms with Crippen LogP contribution < -0.4 is 4.74 Å². The average Bonchev–Trinajstić information content (AvgIpc) is 3.12. The van der Waals surface area contributed by atoms with Crippen molar-refractivity contribution in [3.63, 3.8) is 0 Å². The number of nitro groups is 1. The third kappa shape index (κ3) is 3.20. The summed E-state index contributed by atoms with van der Waals surface area (Å²) in [6.07, 6.45) is 4.67. The van der Waals surface area contributed by atoms with Gasteiger partial charge in [-0.05, 0) is 42.7 Å². The van der Waals surface area contributed by atoms with Gasteiger partial charge in [0.25, 0.3) is 0 Å². The predicted molar refractivity (Wildman–Crippen MR) is 89.8 cm³/mol. The average molecular weight is 363 g/mol. The first-order valence-electron chi connectivity index (χ1n) is 7.69. The first-order valence-corrected chi connectivity index (χ1v) is 9.13. The zero-order valence-corrected chi connectivity index (χ0v) is 14.3. The number of pyridine rings is 1. The van der Waals surface area contributed by atoms with Crippen LogP contribution in [0.15, 0.2) is 47.6 Å². The molecule has 1 saturated heterocycles. The van der Waals surface area contributed by atoms with Crippen molar-refractivity contribution in [1.82, 2.24) is 9.29 Å². The van der Waals surface area contributed by atoms with Crippen LogP contribution in [-0.2, 0) is 10.0 Å². The number of ether oxygens (including phenoxy) is 1. The third-order valence-electron chi connectivity index (χ3n) is 4.25. The van der Waals surface area contributed by atoms with E-state index < -0.39 is 14.9 Å². The molecule has 1 fully saturated rings. The molecule has 0 aliphatic carbocycles. The van der Waals surface area contributed by atoms with Crippen LogP contribution in [0, 0.1) is 10.1 Å². The number of hydrogen-bond donors (Lipinski definition) is 0. The molecule has 2 heterocycles. The zero-order chi connectivity index (χ0) is 18.0. The van der Waals surface area contributed by atoms with Gasteiger partial charge in [-0.15, -0.1) is 0 Å². The highest BCUT2D eigenvalue weighted by atomic mass is 32.2. The Morgan fingerprint density at radius 1 is 1.28 bits per heavy atom. The SMILES string of the molecule is COc1ccc(S(=O)(=O)N2CCC[C@@H]2c2ccncc2)cc1[N+](=O)[O-]. The second kappa shape index (κ2) is 6.77. The van der Waals surface area contributed by atoms with Gasteiger partial charge in [-0.3, -0.25) is 15.1 Å². The molecule has 0 amide bonds. The smallest absolute Gasteiger partial charge is 0.312 e. The first-order chi connectivity index (χ1) is 11.9. The van der Waals surface area contributed by atoms with Crippen molar-refractivity contribution in [3.8, 4) is 5.75 Å². The molecule has 8 nitrogen and oxygen atoms in total. The van der Waals surface area contributed by atoms with Gasteiger partial charge in [-0.2, -0.15) is 4.31 Å². The van der Waals surface area contributed by atoms with Crippen LogP contribution in [0.3, 0.4) is 0 Å². The monoisotopic (exact) mass is 363 g/mol. The zero-order valence-electron chi connectivity index (χ0n) is 13.5. The summed E-state index contributed by atoms with van der Waals surface area (Å²) in [5.74, 6) is 0.0241. The Kier molecular flexibility index (Phi) is 4.69. The molecule has 0 bridgehead atoms. The van der Waals surface area contributed by atoms with Gasteiger partial charge in [0.05, 0.1) is 23.0 Å². The van der Waals surface area contributed by atoms with Gasteiger partial charge in [-0.25, -0.2) is 8.42 Å². The van der Waals surface area contributed by atoms with E-state index in [4.69, 9.17) is 4.74 Å². The quantitative estimate of drug-likeness (QED) is 0.597. The molecule has 3 rings (SSSR count). The van der Waals surface area contributed by atoms with E-state index in [-0.39, 0.29) is 22.4 Å². The summed E-state index contributed by atoms with van der Waals surface area (Å²) in [6.45, 7) is 0.370. The lowest BCUT2D eigenvalue weighted by Crippen LogP contribution is -2.30. The van der Waals surface area contributed by atoms with Crippen LogP contribution in [0.4, 0.5) is 5.69 Å². The predicted octanol–water partition coefficient (Wildman–Crippen LogP) is 2.52. The number of benzene rings is 1. The van der Waals surface area contributed by atoms with Gasteiger partial charge in [0.1, 0.15) is 0 Å². The van der Waals surface area contributed by atoms with Crippen molar-refractivity contribution in [2.75, 3.05) is 13.7 Å². The van der Waals surface area contributed by atoms with Crippen LogP contribution in [0.2, 0.25) is 0 Å². The third-order valence-corrected chi connectivity index (χ3v) is 6.15. The van der Waals surface area contributed by atoms with E-state index in [1.54, 1.807) is 24.5 Å². The fourth-order valence-corrected chi connectivity index (χ4v) is 4.76. The Labute approximate surface area is 145 Å². The van der Waals surface area contributed by atoms with Crippen molar-refractivity contribution < 1.29 is 18.1 Å². The van der Waals surface area contributed by atoms with Crippen molar-refractivity contribution in [1.29, 1.82) is 0 Å². The van der Waals surface area contributed by atoms with Crippen LogP contribution in [0.5, 0.6) is 5.75 Å². The Balaban J connectivity index is 2.01. The molecule has 1 aliphatic rings. The summed E-state index contributed by atoms with van der Waals surface area (Å²) < 4.78 is 32.4. The summed E-state index contributed by atoms with van der Waals surface area (Å²) in [4.78, 5) is 14.4. The number of sulfonamides is 1. The van der Waals surface area contributed by atoms with Gasteiger partial charge in [0.2, 0.25) is 10.0 Å². The normalized spacial score (nSPS) is 18.2. The maximum Gasteiger partial charge on any atom is 0.312 e. The van der Waals surface area contributed by atoms with E-state index in [1.807, 2.05) is 0 Å². The van der Waals surface area contributed by atoms with Gasteiger partial charge in [0, 0.05) is 25.0 Å². The van der Waals surface area contributed by atoms with Gasteiger partial charge in [0.15, 0.2) is 5.75 Å². The van der Waals surface area contributed by atoms with Crippen molar-refractivity contribution in [3.05, 3.63) is 58.4 Å².